The second-order valence-electron chi connectivity index (χ2n) is 7.87. The van der Waals surface area contributed by atoms with E-state index in [0.717, 1.165) is 6.42 Å². The normalized spacial score (nSPS) is 13.5. The molecule has 2 aromatic rings. The molecular weight excluding hydrogens is 300 g/mol. The van der Waals surface area contributed by atoms with Gasteiger partial charge in [-0.1, -0.05) is 108 Å². The molecule has 0 aromatic heterocycles. The lowest BCUT2D eigenvalue weighted by molar-refractivity contribution is 0.542. The van der Waals surface area contributed by atoms with Gasteiger partial charge >= 0.3 is 0 Å². The van der Waals surface area contributed by atoms with Gasteiger partial charge in [0.25, 0.3) is 0 Å². The summed E-state index contributed by atoms with van der Waals surface area (Å²) in [7, 11) is 0. The molecule has 25 heavy (non-hydrogen) atoms. The maximum atomic E-state index is 2.43. The summed E-state index contributed by atoms with van der Waals surface area (Å²) in [5, 5.41) is 0. The molecule has 1 aliphatic rings. The molecule has 0 nitrogen and oxygen atoms in total. The van der Waals surface area contributed by atoms with Crippen molar-refractivity contribution in [1.29, 1.82) is 0 Å². The van der Waals surface area contributed by atoms with E-state index in [4.69, 9.17) is 0 Å². The maximum absolute atomic E-state index is 2.43. The predicted molar refractivity (Wildman–Crippen MR) is 110 cm³/mol. The fourth-order valence-corrected chi connectivity index (χ4v) is 4.38. The topological polar surface area (TPSA) is 0 Å². The van der Waals surface area contributed by atoms with Crippen LogP contribution in [0.1, 0.15) is 94.2 Å². The SMILES string of the molecule is CCCCCCCCCCC(C)c1cccc2c1Cc1ccccc1-2. The monoisotopic (exact) mass is 334 g/mol. The van der Waals surface area contributed by atoms with Gasteiger partial charge in [0.2, 0.25) is 0 Å². The number of fused-ring (bicyclic) bond motifs is 3. The van der Waals surface area contributed by atoms with Crippen molar-refractivity contribution in [2.45, 2.75) is 84.0 Å². The molecule has 0 saturated heterocycles. The van der Waals surface area contributed by atoms with E-state index in [1.165, 1.54) is 74.5 Å². The second-order valence-corrected chi connectivity index (χ2v) is 7.87. The largest absolute Gasteiger partial charge is 0.0654 e. The Kier molecular flexibility index (Phi) is 6.73. The summed E-state index contributed by atoms with van der Waals surface area (Å²) < 4.78 is 0. The first-order valence-electron chi connectivity index (χ1n) is 10.5. The van der Waals surface area contributed by atoms with Crippen molar-refractivity contribution in [2.75, 3.05) is 0 Å². The molecule has 0 heteroatoms. The molecule has 1 aliphatic carbocycles. The Balaban J connectivity index is 1.50. The zero-order valence-electron chi connectivity index (χ0n) is 16.2. The van der Waals surface area contributed by atoms with Crippen LogP contribution in [0.2, 0.25) is 0 Å². The lowest BCUT2D eigenvalue weighted by atomic mass is 9.89. The van der Waals surface area contributed by atoms with Gasteiger partial charge in [0.05, 0.1) is 0 Å². The van der Waals surface area contributed by atoms with Crippen LogP contribution in [-0.4, -0.2) is 0 Å². The van der Waals surface area contributed by atoms with Gasteiger partial charge < -0.3 is 0 Å². The van der Waals surface area contributed by atoms with Crippen LogP contribution in [0, 0.1) is 0 Å². The van der Waals surface area contributed by atoms with Crippen molar-refractivity contribution in [3.8, 4) is 11.1 Å². The van der Waals surface area contributed by atoms with Crippen molar-refractivity contribution < 1.29 is 0 Å². The van der Waals surface area contributed by atoms with Crippen molar-refractivity contribution in [2.24, 2.45) is 0 Å². The Morgan fingerprint density at radius 1 is 0.760 bits per heavy atom. The van der Waals surface area contributed by atoms with E-state index >= 15 is 0 Å². The lowest BCUT2D eigenvalue weighted by Crippen LogP contribution is -1.99. The minimum absolute atomic E-state index is 0.685. The molecule has 0 fully saturated rings. The maximum Gasteiger partial charge on any atom is -0.00106 e. The van der Waals surface area contributed by atoms with Gasteiger partial charge in [-0.05, 0) is 46.6 Å². The third-order valence-corrected chi connectivity index (χ3v) is 5.91. The average Bonchev–Trinajstić information content (AvgIpc) is 3.02. The summed E-state index contributed by atoms with van der Waals surface area (Å²) in [4.78, 5) is 0. The molecular formula is C25H34. The molecule has 1 atom stereocenters. The fourth-order valence-electron chi connectivity index (χ4n) is 4.38. The van der Waals surface area contributed by atoms with E-state index in [1.807, 2.05) is 0 Å². The molecule has 3 rings (SSSR count). The van der Waals surface area contributed by atoms with E-state index in [-0.39, 0.29) is 0 Å². The summed E-state index contributed by atoms with van der Waals surface area (Å²) in [5.74, 6) is 0.685. The summed E-state index contributed by atoms with van der Waals surface area (Å²) in [6.07, 6.45) is 13.8. The highest BCUT2D eigenvalue weighted by Gasteiger charge is 2.22. The molecule has 2 aromatic carbocycles. The molecule has 0 N–H and O–H groups in total. The molecule has 1 unspecified atom stereocenters. The van der Waals surface area contributed by atoms with Crippen molar-refractivity contribution in [1.82, 2.24) is 0 Å². The van der Waals surface area contributed by atoms with Gasteiger partial charge in [-0.25, -0.2) is 0 Å². The Labute approximate surface area is 154 Å². The Morgan fingerprint density at radius 2 is 1.44 bits per heavy atom. The minimum Gasteiger partial charge on any atom is -0.0654 e. The van der Waals surface area contributed by atoms with E-state index in [1.54, 1.807) is 11.1 Å². The summed E-state index contributed by atoms with van der Waals surface area (Å²) in [6, 6.07) is 15.9. The molecule has 0 spiro atoms. The summed E-state index contributed by atoms with van der Waals surface area (Å²) in [5.41, 5.74) is 7.63. The van der Waals surface area contributed by atoms with E-state index in [9.17, 15) is 0 Å². The molecule has 0 saturated carbocycles. The first kappa shape index (κ1) is 18.2. The Hall–Kier alpha value is -1.56. The van der Waals surface area contributed by atoms with Crippen molar-refractivity contribution in [3.63, 3.8) is 0 Å². The van der Waals surface area contributed by atoms with Gasteiger partial charge in [0.15, 0.2) is 0 Å². The number of benzene rings is 2. The third-order valence-electron chi connectivity index (χ3n) is 5.91. The van der Waals surface area contributed by atoms with Crippen LogP contribution in [0.5, 0.6) is 0 Å². The summed E-state index contributed by atoms with van der Waals surface area (Å²) in [6.45, 7) is 4.72. The van der Waals surface area contributed by atoms with Gasteiger partial charge in [-0.15, -0.1) is 0 Å². The van der Waals surface area contributed by atoms with E-state index in [2.05, 4.69) is 56.3 Å². The van der Waals surface area contributed by atoms with Crippen LogP contribution < -0.4 is 0 Å². The average molecular weight is 335 g/mol. The quantitative estimate of drug-likeness (QED) is 0.331. The number of hydrogen-bond donors (Lipinski definition) is 0. The van der Waals surface area contributed by atoms with Gasteiger partial charge in [0.1, 0.15) is 0 Å². The molecule has 0 aliphatic heterocycles. The first-order valence-corrected chi connectivity index (χ1v) is 10.5. The van der Waals surface area contributed by atoms with E-state index < -0.39 is 0 Å². The highest BCUT2D eigenvalue weighted by molar-refractivity contribution is 5.78. The zero-order valence-corrected chi connectivity index (χ0v) is 16.2. The van der Waals surface area contributed by atoms with Gasteiger partial charge in [-0.2, -0.15) is 0 Å². The minimum atomic E-state index is 0.685. The van der Waals surface area contributed by atoms with E-state index in [0.29, 0.717) is 5.92 Å². The summed E-state index contributed by atoms with van der Waals surface area (Å²) >= 11 is 0. The lowest BCUT2D eigenvalue weighted by Gasteiger charge is -2.16. The van der Waals surface area contributed by atoms with Crippen molar-refractivity contribution >= 4 is 0 Å². The Morgan fingerprint density at radius 3 is 2.24 bits per heavy atom. The number of unbranched alkanes of at least 4 members (excludes halogenated alkanes) is 7. The molecule has 134 valence electrons. The van der Waals surface area contributed by atoms with Crippen LogP contribution in [-0.2, 0) is 6.42 Å². The fraction of sp³-hybridized carbons (Fsp3) is 0.520. The highest BCUT2D eigenvalue weighted by atomic mass is 14.3. The smallest absolute Gasteiger partial charge is 0.00106 e. The molecule has 0 radical (unpaired) electrons. The van der Waals surface area contributed by atoms with Gasteiger partial charge in [-0.3, -0.25) is 0 Å². The highest BCUT2D eigenvalue weighted by Crippen LogP contribution is 2.40. The molecule has 0 heterocycles. The van der Waals surface area contributed by atoms with Crippen molar-refractivity contribution in [3.05, 3.63) is 59.2 Å². The zero-order chi connectivity index (χ0) is 17.5. The first-order chi connectivity index (χ1) is 12.3. The van der Waals surface area contributed by atoms with Crippen LogP contribution in [0.15, 0.2) is 42.5 Å². The van der Waals surface area contributed by atoms with Crippen LogP contribution in [0.4, 0.5) is 0 Å². The number of hydrogen-bond acceptors (Lipinski definition) is 0. The van der Waals surface area contributed by atoms with Crippen LogP contribution >= 0.6 is 0 Å². The third kappa shape index (κ3) is 4.54. The van der Waals surface area contributed by atoms with Crippen LogP contribution in [0.25, 0.3) is 11.1 Å². The standard InChI is InChI=1S/C25H34/c1-3-4-5-6-7-8-9-10-14-20(2)22-17-13-18-24-23-16-12-11-15-21(23)19-25(22)24/h11-13,15-18,20H,3-10,14,19H2,1-2H3. The molecule has 0 bridgehead atoms. The van der Waals surface area contributed by atoms with Crippen LogP contribution in [0.3, 0.4) is 0 Å². The molecule has 0 amide bonds. The Bertz CT molecular complexity index is 667. The number of rotatable bonds is 10. The second kappa shape index (κ2) is 9.22. The van der Waals surface area contributed by atoms with Gasteiger partial charge in [0, 0.05) is 0 Å². The predicted octanol–water partition coefficient (Wildman–Crippen LogP) is 7.89.